The van der Waals surface area contributed by atoms with Crippen LogP contribution in [0.1, 0.15) is 24.8 Å². The van der Waals surface area contributed by atoms with E-state index in [1.807, 2.05) is 42.5 Å². The average molecular weight is 337 g/mol. The fourth-order valence-electron chi connectivity index (χ4n) is 4.12. The third-order valence-electron chi connectivity index (χ3n) is 5.62. The minimum atomic E-state index is 0.598. The summed E-state index contributed by atoms with van der Waals surface area (Å²) < 4.78 is 11.8. The summed E-state index contributed by atoms with van der Waals surface area (Å²) in [6.07, 6.45) is 3.95. The lowest BCUT2D eigenvalue weighted by Gasteiger charge is -2.44. The highest BCUT2D eigenvalue weighted by Crippen LogP contribution is 2.34. The second-order valence-corrected chi connectivity index (χ2v) is 7.28. The Balaban J connectivity index is 1.21. The van der Waals surface area contributed by atoms with Crippen LogP contribution < -0.4 is 9.47 Å². The molecule has 2 aromatic carbocycles. The maximum absolute atomic E-state index is 5.96. The number of nitrogens with zero attached hydrogens (tertiary/aromatic N) is 1. The smallest absolute Gasteiger partial charge is 0.120 e. The van der Waals surface area contributed by atoms with Gasteiger partial charge in [0.05, 0.1) is 6.61 Å². The molecule has 0 radical (unpaired) electrons. The summed E-state index contributed by atoms with van der Waals surface area (Å²) in [6, 6.07) is 18.2. The van der Waals surface area contributed by atoms with Crippen molar-refractivity contribution in [3.63, 3.8) is 0 Å². The van der Waals surface area contributed by atoms with E-state index in [4.69, 9.17) is 9.47 Å². The zero-order chi connectivity index (χ0) is 16.9. The molecule has 25 heavy (non-hydrogen) atoms. The number of benzene rings is 2. The Morgan fingerprint density at radius 3 is 2.16 bits per heavy atom. The van der Waals surface area contributed by atoms with Gasteiger partial charge >= 0.3 is 0 Å². The standard InChI is InChI=1S/C22H27NO2/c1-2-4-18(5-3-1)17-25-22-8-6-21(7-9-22)24-15-12-20-16-23-13-10-19(20)11-14-23/h1-9,19-20H,10-17H2. The minimum Gasteiger partial charge on any atom is -0.494 e. The Bertz CT molecular complexity index is 647. The van der Waals surface area contributed by atoms with Crippen LogP contribution in [0.2, 0.25) is 0 Å². The number of hydrogen-bond acceptors (Lipinski definition) is 3. The van der Waals surface area contributed by atoms with Gasteiger partial charge < -0.3 is 14.4 Å². The SMILES string of the molecule is c1ccc(COc2ccc(OCCC3CN4CCC3CC4)cc2)cc1. The Morgan fingerprint density at radius 2 is 1.52 bits per heavy atom. The average Bonchev–Trinajstić information content (AvgIpc) is 2.69. The van der Waals surface area contributed by atoms with E-state index in [1.54, 1.807) is 0 Å². The summed E-state index contributed by atoms with van der Waals surface area (Å²) in [6.45, 7) is 5.32. The van der Waals surface area contributed by atoms with Crippen molar-refractivity contribution in [3.8, 4) is 11.5 Å². The summed E-state index contributed by atoms with van der Waals surface area (Å²) in [5, 5.41) is 0. The van der Waals surface area contributed by atoms with E-state index < -0.39 is 0 Å². The van der Waals surface area contributed by atoms with Crippen molar-refractivity contribution in [2.45, 2.75) is 25.9 Å². The molecule has 3 fully saturated rings. The minimum absolute atomic E-state index is 0.598. The molecule has 0 amide bonds. The molecule has 0 saturated carbocycles. The second-order valence-electron chi connectivity index (χ2n) is 7.28. The van der Waals surface area contributed by atoms with Gasteiger partial charge in [0.15, 0.2) is 0 Å². The molecule has 3 nitrogen and oxygen atoms in total. The van der Waals surface area contributed by atoms with E-state index in [9.17, 15) is 0 Å². The van der Waals surface area contributed by atoms with Gasteiger partial charge in [0, 0.05) is 6.54 Å². The van der Waals surface area contributed by atoms with Gasteiger partial charge in [-0.25, -0.2) is 0 Å². The lowest BCUT2D eigenvalue weighted by Crippen LogP contribution is -2.47. The summed E-state index contributed by atoms with van der Waals surface area (Å²) in [5.41, 5.74) is 1.18. The first kappa shape index (κ1) is 16.5. The molecule has 0 spiro atoms. The van der Waals surface area contributed by atoms with Crippen molar-refractivity contribution in [1.82, 2.24) is 4.90 Å². The quantitative estimate of drug-likeness (QED) is 0.748. The van der Waals surface area contributed by atoms with E-state index >= 15 is 0 Å². The lowest BCUT2D eigenvalue weighted by atomic mass is 9.78. The normalized spacial score (nSPS) is 24.9. The number of ether oxygens (including phenoxy) is 2. The first-order valence-electron chi connectivity index (χ1n) is 9.49. The first-order chi connectivity index (χ1) is 12.4. The Labute approximate surface area is 150 Å². The predicted octanol–water partition coefficient (Wildman–Crippen LogP) is 4.38. The highest BCUT2D eigenvalue weighted by Gasteiger charge is 2.33. The fraction of sp³-hybridized carbons (Fsp3) is 0.455. The van der Waals surface area contributed by atoms with Crippen molar-refractivity contribution in [2.75, 3.05) is 26.2 Å². The summed E-state index contributed by atoms with van der Waals surface area (Å²) in [4.78, 5) is 2.61. The highest BCUT2D eigenvalue weighted by molar-refractivity contribution is 5.31. The largest absolute Gasteiger partial charge is 0.494 e. The molecule has 1 atom stereocenters. The van der Waals surface area contributed by atoms with Gasteiger partial charge in [-0.3, -0.25) is 0 Å². The van der Waals surface area contributed by atoms with Gasteiger partial charge in [-0.05, 0) is 74.0 Å². The Hall–Kier alpha value is -2.00. The summed E-state index contributed by atoms with van der Waals surface area (Å²) in [5.74, 6) is 3.58. The van der Waals surface area contributed by atoms with Crippen LogP contribution in [0.25, 0.3) is 0 Å². The zero-order valence-corrected chi connectivity index (χ0v) is 14.8. The molecule has 132 valence electrons. The lowest BCUT2D eigenvalue weighted by molar-refractivity contribution is 0.0397. The number of piperidine rings is 3. The maximum atomic E-state index is 5.96. The van der Waals surface area contributed by atoms with Crippen molar-refractivity contribution in [1.29, 1.82) is 0 Å². The van der Waals surface area contributed by atoms with Crippen LogP contribution >= 0.6 is 0 Å². The highest BCUT2D eigenvalue weighted by atomic mass is 16.5. The van der Waals surface area contributed by atoms with Crippen molar-refractivity contribution >= 4 is 0 Å². The van der Waals surface area contributed by atoms with Crippen molar-refractivity contribution < 1.29 is 9.47 Å². The number of fused-ring (bicyclic) bond motifs is 3. The van der Waals surface area contributed by atoms with Gasteiger partial charge in [-0.1, -0.05) is 30.3 Å². The van der Waals surface area contributed by atoms with E-state index in [0.717, 1.165) is 29.9 Å². The monoisotopic (exact) mass is 337 g/mol. The van der Waals surface area contributed by atoms with Crippen LogP contribution in [0.3, 0.4) is 0 Å². The maximum Gasteiger partial charge on any atom is 0.120 e. The number of hydrogen-bond donors (Lipinski definition) is 0. The molecule has 3 aliphatic heterocycles. The van der Waals surface area contributed by atoms with Crippen LogP contribution in [0.5, 0.6) is 11.5 Å². The molecule has 2 aromatic rings. The van der Waals surface area contributed by atoms with Crippen LogP contribution in [-0.2, 0) is 6.61 Å². The molecule has 0 aliphatic carbocycles. The zero-order valence-electron chi connectivity index (χ0n) is 14.8. The summed E-state index contributed by atoms with van der Waals surface area (Å²) >= 11 is 0. The topological polar surface area (TPSA) is 21.7 Å². The third kappa shape index (κ3) is 4.35. The van der Waals surface area contributed by atoms with E-state index in [0.29, 0.717) is 6.61 Å². The van der Waals surface area contributed by atoms with Crippen molar-refractivity contribution in [3.05, 3.63) is 60.2 Å². The molecule has 3 saturated heterocycles. The van der Waals surface area contributed by atoms with Crippen LogP contribution in [0.15, 0.2) is 54.6 Å². The molecule has 3 aliphatic rings. The molecule has 3 heteroatoms. The molecular formula is C22H27NO2. The van der Waals surface area contributed by atoms with Crippen LogP contribution in [0, 0.1) is 11.8 Å². The molecule has 0 N–H and O–H groups in total. The molecule has 2 bridgehead atoms. The third-order valence-corrected chi connectivity index (χ3v) is 5.62. The van der Waals surface area contributed by atoms with E-state index in [-0.39, 0.29) is 0 Å². The number of rotatable bonds is 7. The molecule has 5 rings (SSSR count). The van der Waals surface area contributed by atoms with Gasteiger partial charge in [0.1, 0.15) is 18.1 Å². The Kier molecular flexibility index (Phi) is 5.22. The fourth-order valence-corrected chi connectivity index (χ4v) is 4.12. The van der Waals surface area contributed by atoms with Gasteiger partial charge in [0.25, 0.3) is 0 Å². The van der Waals surface area contributed by atoms with E-state index in [1.165, 1.54) is 44.5 Å². The predicted molar refractivity (Wildman–Crippen MR) is 100.0 cm³/mol. The first-order valence-corrected chi connectivity index (χ1v) is 9.49. The molecule has 1 unspecified atom stereocenters. The van der Waals surface area contributed by atoms with Gasteiger partial charge in [-0.2, -0.15) is 0 Å². The van der Waals surface area contributed by atoms with Crippen LogP contribution in [0.4, 0.5) is 0 Å². The van der Waals surface area contributed by atoms with Gasteiger partial charge in [-0.15, -0.1) is 0 Å². The molecule has 0 aromatic heterocycles. The van der Waals surface area contributed by atoms with Gasteiger partial charge in [0.2, 0.25) is 0 Å². The molecule has 3 heterocycles. The van der Waals surface area contributed by atoms with Crippen molar-refractivity contribution in [2.24, 2.45) is 11.8 Å². The van der Waals surface area contributed by atoms with Crippen LogP contribution in [-0.4, -0.2) is 31.1 Å². The molecular weight excluding hydrogens is 310 g/mol. The Morgan fingerprint density at radius 1 is 0.840 bits per heavy atom. The second kappa shape index (κ2) is 7.92. The summed E-state index contributed by atoms with van der Waals surface area (Å²) in [7, 11) is 0. The van der Waals surface area contributed by atoms with E-state index in [2.05, 4.69) is 17.0 Å².